The maximum atomic E-state index is 5.51. The molecule has 13 heavy (non-hydrogen) atoms. The molecule has 0 aliphatic heterocycles. The van der Waals surface area contributed by atoms with Crippen molar-refractivity contribution in [3.05, 3.63) is 29.8 Å². The lowest BCUT2D eigenvalue weighted by Crippen LogP contribution is -1.94. The molecule has 1 nitrogen and oxygen atoms in total. The fraction of sp³-hybridized carbons (Fsp3) is 0.455. The molecule has 0 aliphatic rings. The molecule has 72 valence electrons. The Balaban J connectivity index is 2.40. The quantitative estimate of drug-likeness (QED) is 0.577. The molecular weight excluding hydrogens is 178 g/mol. The van der Waals surface area contributed by atoms with Crippen LogP contribution in [0.4, 0.5) is 0 Å². The van der Waals surface area contributed by atoms with Crippen LogP contribution in [0.3, 0.4) is 0 Å². The zero-order valence-corrected chi connectivity index (χ0v) is 8.94. The van der Waals surface area contributed by atoms with Gasteiger partial charge in [-0.1, -0.05) is 25.5 Å². The first-order chi connectivity index (χ1) is 6.36. The van der Waals surface area contributed by atoms with Crippen LogP contribution < -0.4 is 5.73 Å². The van der Waals surface area contributed by atoms with Crippen LogP contribution in [0.1, 0.15) is 25.3 Å². The van der Waals surface area contributed by atoms with E-state index in [0.717, 1.165) is 0 Å². The monoisotopic (exact) mass is 195 g/mol. The van der Waals surface area contributed by atoms with E-state index < -0.39 is 0 Å². The van der Waals surface area contributed by atoms with Gasteiger partial charge in [0.05, 0.1) is 0 Å². The molecule has 0 atom stereocenters. The van der Waals surface area contributed by atoms with Gasteiger partial charge in [-0.25, -0.2) is 0 Å². The third-order valence-electron chi connectivity index (χ3n) is 1.93. The highest BCUT2D eigenvalue weighted by molar-refractivity contribution is 7.99. The largest absolute Gasteiger partial charge is 0.326 e. The van der Waals surface area contributed by atoms with Crippen molar-refractivity contribution in [2.45, 2.75) is 31.2 Å². The molecule has 0 aliphatic carbocycles. The van der Waals surface area contributed by atoms with Gasteiger partial charge < -0.3 is 5.73 Å². The highest BCUT2D eigenvalue weighted by Gasteiger charge is 1.93. The molecule has 0 spiro atoms. The topological polar surface area (TPSA) is 26.0 Å². The van der Waals surface area contributed by atoms with Crippen LogP contribution in [-0.2, 0) is 6.54 Å². The van der Waals surface area contributed by atoms with Crippen molar-refractivity contribution in [3.8, 4) is 0 Å². The van der Waals surface area contributed by atoms with Gasteiger partial charge in [-0.2, -0.15) is 0 Å². The van der Waals surface area contributed by atoms with Crippen LogP contribution in [-0.4, -0.2) is 5.75 Å². The Kier molecular flexibility index (Phi) is 4.94. The summed E-state index contributed by atoms with van der Waals surface area (Å²) in [5.41, 5.74) is 6.72. The fourth-order valence-corrected chi connectivity index (χ4v) is 2.05. The number of hydrogen-bond acceptors (Lipinski definition) is 2. The Morgan fingerprint density at radius 1 is 1.23 bits per heavy atom. The summed E-state index contributed by atoms with van der Waals surface area (Å²) in [6.45, 7) is 2.86. The number of benzene rings is 1. The number of nitrogens with two attached hydrogens (primary N) is 1. The summed E-state index contributed by atoms with van der Waals surface area (Å²) in [6, 6.07) is 8.52. The van der Waals surface area contributed by atoms with Gasteiger partial charge in [0, 0.05) is 11.4 Å². The Bertz CT molecular complexity index is 230. The first kappa shape index (κ1) is 10.6. The van der Waals surface area contributed by atoms with Crippen molar-refractivity contribution in [2.75, 3.05) is 5.75 Å². The van der Waals surface area contributed by atoms with Crippen molar-refractivity contribution < 1.29 is 0 Å². The lowest BCUT2D eigenvalue weighted by atomic mass is 10.2. The van der Waals surface area contributed by atoms with Crippen molar-refractivity contribution in [1.29, 1.82) is 0 Å². The smallest absolute Gasteiger partial charge is 0.0178 e. The number of unbranched alkanes of at least 4 members (excludes halogenated alkanes) is 1. The van der Waals surface area contributed by atoms with E-state index in [1.54, 1.807) is 0 Å². The molecule has 0 radical (unpaired) electrons. The molecular formula is C11H17NS. The molecule has 2 N–H and O–H groups in total. The Morgan fingerprint density at radius 3 is 2.46 bits per heavy atom. The van der Waals surface area contributed by atoms with E-state index in [-0.39, 0.29) is 0 Å². The zero-order chi connectivity index (χ0) is 9.52. The number of rotatable bonds is 5. The van der Waals surface area contributed by atoms with Crippen molar-refractivity contribution >= 4 is 11.8 Å². The fourth-order valence-electron chi connectivity index (χ4n) is 1.06. The molecule has 0 amide bonds. The van der Waals surface area contributed by atoms with Gasteiger partial charge in [0.25, 0.3) is 0 Å². The molecule has 1 aromatic rings. The second kappa shape index (κ2) is 6.06. The highest BCUT2D eigenvalue weighted by Crippen LogP contribution is 2.19. The SMILES string of the molecule is CCCCSc1ccc(CN)cc1. The van der Waals surface area contributed by atoms with Crippen LogP contribution in [0.2, 0.25) is 0 Å². The summed E-state index contributed by atoms with van der Waals surface area (Å²) in [7, 11) is 0. The minimum Gasteiger partial charge on any atom is -0.326 e. The van der Waals surface area contributed by atoms with Gasteiger partial charge in [0.1, 0.15) is 0 Å². The van der Waals surface area contributed by atoms with Crippen LogP contribution in [0.25, 0.3) is 0 Å². The van der Waals surface area contributed by atoms with Crippen LogP contribution in [0, 0.1) is 0 Å². The van der Waals surface area contributed by atoms with Gasteiger partial charge in [0.15, 0.2) is 0 Å². The molecule has 1 rings (SSSR count). The summed E-state index contributed by atoms with van der Waals surface area (Å²) >= 11 is 1.92. The molecule has 0 saturated carbocycles. The third kappa shape index (κ3) is 3.83. The molecule has 0 fully saturated rings. The summed E-state index contributed by atoms with van der Waals surface area (Å²) < 4.78 is 0. The van der Waals surface area contributed by atoms with E-state index in [1.807, 2.05) is 11.8 Å². The van der Waals surface area contributed by atoms with E-state index in [4.69, 9.17) is 5.73 Å². The van der Waals surface area contributed by atoms with Gasteiger partial charge in [0.2, 0.25) is 0 Å². The van der Waals surface area contributed by atoms with Crippen LogP contribution >= 0.6 is 11.8 Å². The van der Waals surface area contributed by atoms with Crippen LogP contribution in [0.15, 0.2) is 29.2 Å². The van der Waals surface area contributed by atoms with Crippen molar-refractivity contribution in [1.82, 2.24) is 0 Å². The Morgan fingerprint density at radius 2 is 1.92 bits per heavy atom. The second-order valence-electron chi connectivity index (χ2n) is 3.05. The average molecular weight is 195 g/mol. The van der Waals surface area contributed by atoms with E-state index >= 15 is 0 Å². The molecule has 0 heterocycles. The standard InChI is InChI=1S/C11H17NS/c1-2-3-8-13-11-6-4-10(9-12)5-7-11/h4-7H,2-3,8-9,12H2,1H3. The third-order valence-corrected chi connectivity index (χ3v) is 3.02. The van der Waals surface area contributed by atoms with Gasteiger partial charge >= 0.3 is 0 Å². The second-order valence-corrected chi connectivity index (χ2v) is 4.22. The maximum absolute atomic E-state index is 5.51. The van der Waals surface area contributed by atoms with E-state index in [0.29, 0.717) is 6.54 Å². The Hall–Kier alpha value is -0.470. The summed E-state index contributed by atoms with van der Waals surface area (Å²) in [5.74, 6) is 1.22. The van der Waals surface area contributed by atoms with Gasteiger partial charge in [-0.15, -0.1) is 11.8 Å². The van der Waals surface area contributed by atoms with Crippen molar-refractivity contribution in [3.63, 3.8) is 0 Å². The molecule has 0 unspecified atom stereocenters. The van der Waals surface area contributed by atoms with Crippen LogP contribution in [0.5, 0.6) is 0 Å². The molecule has 1 aromatic carbocycles. The predicted molar refractivity (Wildman–Crippen MR) is 60.0 cm³/mol. The minimum atomic E-state index is 0.639. The van der Waals surface area contributed by atoms with Crippen molar-refractivity contribution in [2.24, 2.45) is 5.73 Å². The van der Waals surface area contributed by atoms with Gasteiger partial charge in [-0.3, -0.25) is 0 Å². The first-order valence-electron chi connectivity index (χ1n) is 4.78. The summed E-state index contributed by atoms with van der Waals surface area (Å²) in [4.78, 5) is 1.35. The average Bonchev–Trinajstić information content (AvgIpc) is 2.19. The molecule has 2 heteroatoms. The molecule has 0 aromatic heterocycles. The number of hydrogen-bond donors (Lipinski definition) is 1. The molecule has 0 bridgehead atoms. The predicted octanol–water partition coefficient (Wildman–Crippen LogP) is 3.04. The first-order valence-corrected chi connectivity index (χ1v) is 5.77. The zero-order valence-electron chi connectivity index (χ0n) is 8.12. The lowest BCUT2D eigenvalue weighted by molar-refractivity contribution is 0.896. The molecule has 0 saturated heterocycles. The summed E-state index contributed by atoms with van der Waals surface area (Å²) in [5, 5.41) is 0. The summed E-state index contributed by atoms with van der Waals surface area (Å²) in [6.07, 6.45) is 2.57. The lowest BCUT2D eigenvalue weighted by Gasteiger charge is -2.01. The Labute approximate surface area is 84.7 Å². The number of thioether (sulfide) groups is 1. The van der Waals surface area contributed by atoms with E-state index in [1.165, 1.54) is 29.1 Å². The highest BCUT2D eigenvalue weighted by atomic mass is 32.2. The van der Waals surface area contributed by atoms with E-state index in [9.17, 15) is 0 Å². The normalized spacial score (nSPS) is 10.3. The van der Waals surface area contributed by atoms with Gasteiger partial charge in [-0.05, 0) is 29.9 Å². The maximum Gasteiger partial charge on any atom is 0.0178 e. The minimum absolute atomic E-state index is 0.639. The van der Waals surface area contributed by atoms with E-state index in [2.05, 4.69) is 31.2 Å².